The second-order valence-corrected chi connectivity index (χ2v) is 11.0. The number of fused-ring (bicyclic) bond motifs is 3. The first-order chi connectivity index (χ1) is 17.1. The molecule has 0 radical (unpaired) electrons. The van der Waals surface area contributed by atoms with Gasteiger partial charge in [-0.3, -0.25) is 4.79 Å². The van der Waals surface area contributed by atoms with Crippen molar-refractivity contribution in [3.8, 4) is 0 Å². The maximum Gasteiger partial charge on any atom is 0.338 e. The molecule has 182 valence electrons. The fourth-order valence-corrected chi connectivity index (χ4v) is 6.25. The highest BCUT2D eigenvalue weighted by molar-refractivity contribution is 7.91. The standard InChI is InChI=1S/C28H22O7S/c1-15(2)21-13-22-18(12-26(29)35-23(22)10-16(21)3)14-34-28(31)17-8-9-20-25(11-17)36(32,33)24-7-5-4-6-19(24)27(20)30/h4-13,15H,14H2,1-3H3. The molecule has 0 saturated heterocycles. The average Bonchev–Trinajstić information content (AvgIpc) is 2.85. The van der Waals surface area contributed by atoms with Crippen molar-refractivity contribution in [2.45, 2.75) is 43.1 Å². The lowest BCUT2D eigenvalue weighted by Crippen LogP contribution is -2.21. The van der Waals surface area contributed by atoms with Crippen LogP contribution in [0, 0.1) is 6.92 Å². The summed E-state index contributed by atoms with van der Waals surface area (Å²) in [6.45, 7) is 5.84. The molecule has 5 rings (SSSR count). The summed E-state index contributed by atoms with van der Waals surface area (Å²) in [6, 6.07) is 14.8. The van der Waals surface area contributed by atoms with Gasteiger partial charge in [0.2, 0.25) is 9.84 Å². The Bertz CT molecular complexity index is 1740. The minimum atomic E-state index is -3.99. The van der Waals surface area contributed by atoms with Crippen molar-refractivity contribution in [2.75, 3.05) is 0 Å². The lowest BCUT2D eigenvalue weighted by atomic mass is 9.95. The number of esters is 1. The van der Waals surface area contributed by atoms with Gasteiger partial charge in [-0.15, -0.1) is 0 Å². The Kier molecular flexibility index (Phi) is 5.64. The van der Waals surface area contributed by atoms with Crippen LogP contribution in [0.4, 0.5) is 0 Å². The van der Waals surface area contributed by atoms with Gasteiger partial charge >= 0.3 is 11.6 Å². The highest BCUT2D eigenvalue weighted by atomic mass is 32.2. The van der Waals surface area contributed by atoms with Crippen molar-refractivity contribution < 1.29 is 27.2 Å². The van der Waals surface area contributed by atoms with Crippen LogP contribution in [-0.4, -0.2) is 20.2 Å². The zero-order valence-corrected chi connectivity index (χ0v) is 20.6. The van der Waals surface area contributed by atoms with Crippen LogP contribution in [0.3, 0.4) is 0 Å². The molecule has 1 aliphatic rings. The molecule has 4 aromatic rings. The molecule has 0 fully saturated rings. The van der Waals surface area contributed by atoms with Crippen LogP contribution in [0.2, 0.25) is 0 Å². The zero-order valence-electron chi connectivity index (χ0n) is 19.8. The van der Waals surface area contributed by atoms with E-state index in [1.165, 1.54) is 36.4 Å². The van der Waals surface area contributed by atoms with Crippen molar-refractivity contribution in [2.24, 2.45) is 0 Å². The van der Waals surface area contributed by atoms with Gasteiger partial charge in [0.15, 0.2) is 5.78 Å². The highest BCUT2D eigenvalue weighted by Gasteiger charge is 2.35. The number of carbonyl (C=O) groups is 2. The molecule has 0 atom stereocenters. The summed E-state index contributed by atoms with van der Waals surface area (Å²) in [5.74, 6) is -0.965. The molecule has 0 unspecified atom stereocenters. The Morgan fingerprint density at radius 3 is 2.42 bits per heavy atom. The van der Waals surface area contributed by atoms with E-state index < -0.39 is 27.2 Å². The number of hydrogen-bond donors (Lipinski definition) is 0. The Morgan fingerprint density at radius 2 is 1.67 bits per heavy atom. The number of ketones is 1. The maximum absolute atomic E-state index is 13.1. The molecule has 0 spiro atoms. The molecule has 1 aromatic heterocycles. The van der Waals surface area contributed by atoms with Gasteiger partial charge in [-0.1, -0.05) is 26.0 Å². The van der Waals surface area contributed by atoms with Gasteiger partial charge in [0, 0.05) is 28.1 Å². The van der Waals surface area contributed by atoms with Gasteiger partial charge in [-0.05, 0) is 66.4 Å². The van der Waals surface area contributed by atoms with E-state index in [0.717, 1.165) is 11.1 Å². The van der Waals surface area contributed by atoms with Crippen LogP contribution in [-0.2, 0) is 21.2 Å². The Hall–Kier alpha value is -4.04. The van der Waals surface area contributed by atoms with E-state index in [0.29, 0.717) is 16.5 Å². The van der Waals surface area contributed by atoms with Crippen molar-refractivity contribution in [3.05, 3.63) is 104 Å². The monoisotopic (exact) mass is 502 g/mol. The summed E-state index contributed by atoms with van der Waals surface area (Å²) in [6.07, 6.45) is 0. The van der Waals surface area contributed by atoms with E-state index in [1.807, 2.05) is 13.0 Å². The molecule has 3 aromatic carbocycles. The fourth-order valence-electron chi connectivity index (χ4n) is 4.57. The van der Waals surface area contributed by atoms with Crippen molar-refractivity contribution >= 4 is 32.6 Å². The summed E-state index contributed by atoms with van der Waals surface area (Å²) in [5.41, 5.74) is 2.46. The quantitative estimate of drug-likeness (QED) is 0.252. The number of hydrogen-bond acceptors (Lipinski definition) is 7. The van der Waals surface area contributed by atoms with Gasteiger partial charge < -0.3 is 9.15 Å². The lowest BCUT2D eigenvalue weighted by molar-refractivity contribution is 0.0473. The molecule has 36 heavy (non-hydrogen) atoms. The van der Waals surface area contributed by atoms with E-state index in [4.69, 9.17) is 9.15 Å². The van der Waals surface area contributed by atoms with Crippen LogP contribution in [0.15, 0.2) is 79.7 Å². The summed E-state index contributed by atoms with van der Waals surface area (Å²) < 4.78 is 37.1. The number of carbonyl (C=O) groups excluding carboxylic acids is 2. The van der Waals surface area contributed by atoms with E-state index in [2.05, 4.69) is 13.8 Å². The topological polar surface area (TPSA) is 108 Å². The molecule has 0 N–H and O–H groups in total. The number of ether oxygens (including phenoxy) is 1. The van der Waals surface area contributed by atoms with Crippen molar-refractivity contribution in [1.29, 1.82) is 0 Å². The van der Waals surface area contributed by atoms with Crippen LogP contribution in [0.5, 0.6) is 0 Å². The molecule has 7 nitrogen and oxygen atoms in total. The molecule has 1 aliphatic heterocycles. The Balaban J connectivity index is 1.48. The number of rotatable bonds is 4. The summed E-state index contributed by atoms with van der Waals surface area (Å²) in [7, 11) is -3.99. The smallest absolute Gasteiger partial charge is 0.338 e. The molecule has 8 heteroatoms. The van der Waals surface area contributed by atoms with Gasteiger partial charge in [0.05, 0.1) is 15.4 Å². The molecule has 2 heterocycles. The van der Waals surface area contributed by atoms with Crippen LogP contribution in [0.1, 0.15) is 62.7 Å². The Morgan fingerprint density at radius 1 is 0.944 bits per heavy atom. The largest absolute Gasteiger partial charge is 0.457 e. The molecule has 0 amide bonds. The zero-order chi connectivity index (χ0) is 25.8. The van der Waals surface area contributed by atoms with Gasteiger partial charge in [0.1, 0.15) is 12.2 Å². The number of aryl methyl sites for hydroxylation is 1. The third kappa shape index (κ3) is 3.83. The lowest BCUT2D eigenvalue weighted by Gasteiger charge is -2.19. The van der Waals surface area contributed by atoms with E-state index in [-0.39, 0.29) is 39.0 Å². The predicted molar refractivity (Wildman–Crippen MR) is 132 cm³/mol. The van der Waals surface area contributed by atoms with Crippen molar-refractivity contribution in [3.63, 3.8) is 0 Å². The second-order valence-electron chi connectivity index (χ2n) is 9.07. The fraction of sp³-hybridized carbons (Fsp3) is 0.179. The second kappa shape index (κ2) is 8.57. The minimum Gasteiger partial charge on any atom is -0.457 e. The van der Waals surface area contributed by atoms with Crippen LogP contribution < -0.4 is 5.63 Å². The van der Waals surface area contributed by atoms with E-state index in [9.17, 15) is 22.8 Å². The van der Waals surface area contributed by atoms with Crippen molar-refractivity contribution in [1.82, 2.24) is 0 Å². The Labute approximate surface area is 207 Å². The highest BCUT2D eigenvalue weighted by Crippen LogP contribution is 2.35. The van der Waals surface area contributed by atoms with Crippen LogP contribution in [0.25, 0.3) is 11.0 Å². The molecular formula is C28H22O7S. The molecule has 0 saturated carbocycles. The molecule has 0 aliphatic carbocycles. The van der Waals surface area contributed by atoms with Crippen LogP contribution >= 0.6 is 0 Å². The normalized spacial score (nSPS) is 13.9. The summed E-state index contributed by atoms with van der Waals surface area (Å²) in [4.78, 5) is 37.5. The first-order valence-corrected chi connectivity index (χ1v) is 12.8. The summed E-state index contributed by atoms with van der Waals surface area (Å²) in [5, 5.41) is 0.659. The molecular weight excluding hydrogens is 480 g/mol. The first-order valence-electron chi connectivity index (χ1n) is 11.3. The third-order valence-electron chi connectivity index (χ3n) is 6.37. The number of benzene rings is 3. The SMILES string of the molecule is Cc1cc2oc(=O)cc(COC(=O)c3ccc4c(c3)S(=O)(=O)c3ccccc3C4=O)c2cc1C(C)C. The third-order valence-corrected chi connectivity index (χ3v) is 8.22. The number of sulfone groups is 1. The van der Waals surface area contributed by atoms with Gasteiger partial charge in [0.25, 0.3) is 0 Å². The van der Waals surface area contributed by atoms with Gasteiger partial charge in [-0.2, -0.15) is 0 Å². The first kappa shape index (κ1) is 23.7. The van der Waals surface area contributed by atoms with E-state index in [1.54, 1.807) is 18.2 Å². The van der Waals surface area contributed by atoms with E-state index >= 15 is 0 Å². The average molecular weight is 503 g/mol. The maximum atomic E-state index is 13.1. The molecule has 0 bridgehead atoms. The summed E-state index contributed by atoms with van der Waals surface area (Å²) >= 11 is 0. The van der Waals surface area contributed by atoms with Gasteiger partial charge in [-0.25, -0.2) is 18.0 Å². The minimum absolute atomic E-state index is 0.00787. The predicted octanol–water partition coefficient (Wildman–Crippen LogP) is 4.96.